The summed E-state index contributed by atoms with van der Waals surface area (Å²) in [6.07, 6.45) is 10.8. The van der Waals surface area contributed by atoms with Crippen LogP contribution in [0.5, 0.6) is 0 Å². The van der Waals surface area contributed by atoms with Crippen molar-refractivity contribution >= 4 is 5.91 Å². The Morgan fingerprint density at radius 2 is 2.19 bits per heavy atom. The van der Waals surface area contributed by atoms with E-state index in [4.69, 9.17) is 0 Å². The summed E-state index contributed by atoms with van der Waals surface area (Å²) in [5.74, 6) is 0.759. The van der Waals surface area contributed by atoms with Crippen molar-refractivity contribution in [3.63, 3.8) is 0 Å². The van der Waals surface area contributed by atoms with Gasteiger partial charge in [-0.25, -0.2) is 0 Å². The first kappa shape index (κ1) is 11.4. The summed E-state index contributed by atoms with van der Waals surface area (Å²) >= 11 is 0. The van der Waals surface area contributed by atoms with Crippen molar-refractivity contribution in [2.45, 2.75) is 39.5 Å². The standard InChI is InChI=1S/C14H21NO/c1-11(2)10-15-13(16)14(8-9-14)12-6-4-3-5-7-12/h4,6-7,11H,3,5,8-10H2,1-2H3,(H,15,16). The van der Waals surface area contributed by atoms with Gasteiger partial charge in [0.1, 0.15) is 0 Å². The molecule has 0 heterocycles. The molecule has 0 aromatic carbocycles. The summed E-state index contributed by atoms with van der Waals surface area (Å²) in [5, 5.41) is 3.07. The van der Waals surface area contributed by atoms with Crippen molar-refractivity contribution in [1.82, 2.24) is 5.32 Å². The molecule has 2 rings (SSSR count). The minimum Gasteiger partial charge on any atom is -0.355 e. The van der Waals surface area contributed by atoms with Crippen molar-refractivity contribution < 1.29 is 4.79 Å². The number of allylic oxidation sites excluding steroid dienone is 3. The predicted octanol–water partition coefficient (Wildman–Crippen LogP) is 2.82. The molecule has 0 radical (unpaired) electrons. The lowest BCUT2D eigenvalue weighted by atomic mass is 9.90. The first-order valence-electron chi connectivity index (χ1n) is 6.30. The van der Waals surface area contributed by atoms with Gasteiger partial charge in [-0.3, -0.25) is 4.79 Å². The van der Waals surface area contributed by atoms with Gasteiger partial charge in [-0.05, 0) is 37.2 Å². The zero-order valence-corrected chi connectivity index (χ0v) is 10.3. The Hall–Kier alpha value is -1.05. The summed E-state index contributed by atoms with van der Waals surface area (Å²) in [5.41, 5.74) is 1.09. The summed E-state index contributed by atoms with van der Waals surface area (Å²) in [6.45, 7) is 5.04. The predicted molar refractivity (Wildman–Crippen MR) is 66.0 cm³/mol. The molecular weight excluding hydrogens is 198 g/mol. The lowest BCUT2D eigenvalue weighted by molar-refractivity contribution is -0.125. The Morgan fingerprint density at radius 1 is 1.44 bits per heavy atom. The van der Waals surface area contributed by atoms with E-state index >= 15 is 0 Å². The van der Waals surface area contributed by atoms with Gasteiger partial charge in [0.05, 0.1) is 5.41 Å². The molecule has 0 aliphatic heterocycles. The van der Waals surface area contributed by atoms with Gasteiger partial charge in [-0.2, -0.15) is 0 Å². The summed E-state index contributed by atoms with van der Waals surface area (Å²) < 4.78 is 0. The van der Waals surface area contributed by atoms with Gasteiger partial charge in [0.15, 0.2) is 0 Å². The quantitative estimate of drug-likeness (QED) is 0.774. The molecule has 2 aliphatic carbocycles. The first-order valence-corrected chi connectivity index (χ1v) is 6.30. The maximum atomic E-state index is 12.1. The van der Waals surface area contributed by atoms with Crippen molar-refractivity contribution in [3.05, 3.63) is 23.8 Å². The van der Waals surface area contributed by atoms with Gasteiger partial charge in [0.2, 0.25) is 5.91 Å². The lowest BCUT2D eigenvalue weighted by Gasteiger charge is -2.19. The van der Waals surface area contributed by atoms with Crippen LogP contribution in [-0.2, 0) is 4.79 Å². The normalized spacial score (nSPS) is 21.8. The third-order valence-corrected chi connectivity index (χ3v) is 3.40. The zero-order chi connectivity index (χ0) is 11.6. The SMILES string of the molecule is CC(C)CNC(=O)C1(C2=CCCC=C2)CC1. The monoisotopic (exact) mass is 219 g/mol. The lowest BCUT2D eigenvalue weighted by Crippen LogP contribution is -2.35. The first-order chi connectivity index (χ1) is 7.65. The summed E-state index contributed by atoms with van der Waals surface area (Å²) in [4.78, 5) is 12.1. The molecule has 2 nitrogen and oxygen atoms in total. The molecule has 1 fully saturated rings. The van der Waals surface area contributed by atoms with Crippen molar-refractivity contribution in [2.24, 2.45) is 11.3 Å². The highest BCUT2D eigenvalue weighted by Crippen LogP contribution is 2.53. The Labute approximate surface area is 97.8 Å². The summed E-state index contributed by atoms with van der Waals surface area (Å²) in [7, 11) is 0. The third kappa shape index (κ3) is 2.21. The van der Waals surface area contributed by atoms with Gasteiger partial charge in [-0.15, -0.1) is 0 Å². The highest BCUT2D eigenvalue weighted by molar-refractivity contribution is 5.89. The molecule has 0 aromatic rings. The van der Waals surface area contributed by atoms with Gasteiger partial charge in [-0.1, -0.05) is 32.1 Å². The second-order valence-electron chi connectivity index (χ2n) is 5.33. The van der Waals surface area contributed by atoms with Crippen LogP contribution in [0.1, 0.15) is 39.5 Å². The molecule has 0 atom stereocenters. The van der Waals surface area contributed by atoms with Crippen LogP contribution in [0.25, 0.3) is 0 Å². The van der Waals surface area contributed by atoms with E-state index < -0.39 is 0 Å². The Morgan fingerprint density at radius 3 is 2.69 bits per heavy atom. The molecule has 0 unspecified atom stereocenters. The van der Waals surface area contributed by atoms with Crippen LogP contribution in [0, 0.1) is 11.3 Å². The number of hydrogen-bond donors (Lipinski definition) is 1. The molecule has 88 valence electrons. The van der Waals surface area contributed by atoms with E-state index in [9.17, 15) is 4.79 Å². The average Bonchev–Trinajstić information content (AvgIpc) is 3.08. The van der Waals surface area contributed by atoms with E-state index in [1.807, 2.05) is 0 Å². The number of carbonyl (C=O) groups is 1. The zero-order valence-electron chi connectivity index (χ0n) is 10.3. The highest BCUT2D eigenvalue weighted by atomic mass is 16.2. The minimum atomic E-state index is -0.161. The van der Waals surface area contributed by atoms with Crippen LogP contribution < -0.4 is 5.32 Å². The van der Waals surface area contributed by atoms with Crippen LogP contribution in [0.2, 0.25) is 0 Å². The Kier molecular flexibility index (Phi) is 3.17. The molecule has 0 spiro atoms. The molecule has 1 amide bonds. The van der Waals surface area contributed by atoms with E-state index in [0.29, 0.717) is 5.92 Å². The van der Waals surface area contributed by atoms with Crippen LogP contribution in [0.4, 0.5) is 0 Å². The van der Waals surface area contributed by atoms with Crippen molar-refractivity contribution in [1.29, 1.82) is 0 Å². The van der Waals surface area contributed by atoms with Crippen molar-refractivity contribution in [3.8, 4) is 0 Å². The highest BCUT2D eigenvalue weighted by Gasteiger charge is 2.51. The van der Waals surface area contributed by atoms with Crippen LogP contribution in [0.15, 0.2) is 23.8 Å². The molecule has 16 heavy (non-hydrogen) atoms. The fourth-order valence-corrected chi connectivity index (χ4v) is 2.21. The van der Waals surface area contributed by atoms with Crippen LogP contribution in [-0.4, -0.2) is 12.5 Å². The molecule has 0 bridgehead atoms. The molecule has 2 aliphatic rings. The number of nitrogens with one attached hydrogen (secondary N) is 1. The average molecular weight is 219 g/mol. The molecular formula is C14H21NO. The van der Waals surface area contributed by atoms with Gasteiger partial charge in [0, 0.05) is 6.54 Å². The number of hydrogen-bond acceptors (Lipinski definition) is 1. The molecule has 0 saturated heterocycles. The third-order valence-electron chi connectivity index (χ3n) is 3.40. The smallest absolute Gasteiger partial charge is 0.230 e. The van der Waals surface area contributed by atoms with Crippen molar-refractivity contribution in [2.75, 3.05) is 6.54 Å². The molecule has 1 N–H and O–H groups in total. The second-order valence-corrected chi connectivity index (χ2v) is 5.33. The van der Waals surface area contributed by atoms with Gasteiger partial charge >= 0.3 is 0 Å². The Balaban J connectivity index is 1.99. The van der Waals surface area contributed by atoms with Gasteiger partial charge in [0.25, 0.3) is 0 Å². The maximum absolute atomic E-state index is 12.1. The fraction of sp³-hybridized carbons (Fsp3) is 0.643. The van der Waals surface area contributed by atoms with Crippen LogP contribution >= 0.6 is 0 Å². The van der Waals surface area contributed by atoms with E-state index in [1.54, 1.807) is 0 Å². The number of rotatable bonds is 4. The molecule has 2 heteroatoms. The Bertz CT molecular complexity index is 335. The van der Waals surface area contributed by atoms with E-state index in [0.717, 1.165) is 32.2 Å². The summed E-state index contributed by atoms with van der Waals surface area (Å²) in [6, 6.07) is 0. The van der Waals surface area contributed by atoms with E-state index in [-0.39, 0.29) is 11.3 Å². The molecule has 0 aromatic heterocycles. The molecule has 1 saturated carbocycles. The van der Waals surface area contributed by atoms with E-state index in [2.05, 4.69) is 37.4 Å². The van der Waals surface area contributed by atoms with Crippen LogP contribution in [0.3, 0.4) is 0 Å². The second kappa shape index (κ2) is 4.44. The fourth-order valence-electron chi connectivity index (χ4n) is 2.21. The minimum absolute atomic E-state index is 0.161. The van der Waals surface area contributed by atoms with E-state index in [1.165, 1.54) is 5.57 Å². The maximum Gasteiger partial charge on any atom is 0.230 e. The largest absolute Gasteiger partial charge is 0.355 e. The topological polar surface area (TPSA) is 29.1 Å². The number of carbonyl (C=O) groups excluding carboxylic acids is 1. The van der Waals surface area contributed by atoms with Gasteiger partial charge < -0.3 is 5.32 Å². The number of amides is 1.